The van der Waals surface area contributed by atoms with Crippen LogP contribution in [0.4, 0.5) is 0 Å². The quantitative estimate of drug-likeness (QED) is 0.627. The molecule has 0 radical (unpaired) electrons. The molecule has 0 spiro atoms. The van der Waals surface area contributed by atoms with Crippen LogP contribution in [0.15, 0.2) is 30.3 Å². The number of hydrogen-bond donors (Lipinski definition) is 2. The van der Waals surface area contributed by atoms with Crippen LogP contribution in [0.3, 0.4) is 0 Å². The summed E-state index contributed by atoms with van der Waals surface area (Å²) < 4.78 is 20.8. The number of thiol groups is 1. The maximum atomic E-state index is 10.4. The summed E-state index contributed by atoms with van der Waals surface area (Å²) in [6.45, 7) is 0. The topological polar surface area (TPSA) is 60.2 Å². The summed E-state index contributed by atoms with van der Waals surface area (Å²) in [5.74, 6) is 0. The van der Waals surface area contributed by atoms with Crippen LogP contribution in [0, 0.1) is 0 Å². The highest BCUT2D eigenvalue weighted by Crippen LogP contribution is 2.08. The van der Waals surface area contributed by atoms with Gasteiger partial charge in [-0.3, -0.25) is 0 Å². The number of hydrogen-bond acceptors (Lipinski definition) is 3. The lowest BCUT2D eigenvalue weighted by Crippen LogP contribution is -2.10. The minimum atomic E-state index is -2.56. The van der Waals surface area contributed by atoms with Crippen molar-refractivity contribution in [1.82, 2.24) is 0 Å². The van der Waals surface area contributed by atoms with Gasteiger partial charge in [0.05, 0.1) is 0 Å². The minimum absolute atomic E-state index is 0.628. The van der Waals surface area contributed by atoms with Gasteiger partial charge in [0.25, 0.3) is 0 Å². The standard InChI is InChI=1S/C7H9NO2S/c8-7(11(9)10)6-4-2-1-3-5-6/h1-5,7,11H,8H2. The first-order valence-electron chi connectivity index (χ1n) is 3.16. The van der Waals surface area contributed by atoms with Gasteiger partial charge >= 0.3 is 0 Å². The molecule has 1 unspecified atom stereocenters. The molecule has 0 heterocycles. The third-order valence-corrected chi connectivity index (χ3v) is 2.12. The molecular formula is C7H9NO2S. The Morgan fingerprint density at radius 3 is 2.18 bits per heavy atom. The van der Waals surface area contributed by atoms with Gasteiger partial charge in [0.1, 0.15) is 5.37 Å². The third kappa shape index (κ3) is 2.03. The monoisotopic (exact) mass is 171 g/mol. The highest BCUT2D eigenvalue weighted by Gasteiger charge is 2.05. The summed E-state index contributed by atoms with van der Waals surface area (Å²) in [6, 6.07) is 8.71. The van der Waals surface area contributed by atoms with E-state index in [-0.39, 0.29) is 0 Å². The van der Waals surface area contributed by atoms with Crippen molar-refractivity contribution in [1.29, 1.82) is 0 Å². The zero-order valence-electron chi connectivity index (χ0n) is 5.81. The Bertz CT molecular complexity index is 287. The average Bonchev–Trinajstić information content (AvgIpc) is 2.05. The van der Waals surface area contributed by atoms with Crippen LogP contribution in [-0.2, 0) is 10.7 Å². The molecule has 0 amide bonds. The van der Waals surface area contributed by atoms with Gasteiger partial charge in [0, 0.05) is 0 Å². The van der Waals surface area contributed by atoms with Gasteiger partial charge in [-0.25, -0.2) is 8.42 Å². The van der Waals surface area contributed by atoms with E-state index in [0.29, 0.717) is 5.56 Å². The van der Waals surface area contributed by atoms with Gasteiger partial charge in [-0.05, 0) is 5.56 Å². The molecular weight excluding hydrogens is 162 g/mol. The summed E-state index contributed by atoms with van der Waals surface area (Å²) >= 11 is 0. The van der Waals surface area contributed by atoms with Crippen molar-refractivity contribution >= 4 is 10.7 Å². The van der Waals surface area contributed by atoms with Gasteiger partial charge < -0.3 is 5.73 Å². The largest absolute Gasteiger partial charge is 0.312 e. The first kappa shape index (κ1) is 8.23. The van der Waals surface area contributed by atoms with Crippen LogP contribution in [-0.4, -0.2) is 8.42 Å². The lowest BCUT2D eigenvalue weighted by atomic mass is 10.2. The molecule has 1 rings (SSSR count). The van der Waals surface area contributed by atoms with Crippen molar-refractivity contribution < 1.29 is 8.42 Å². The molecule has 1 aromatic carbocycles. The van der Waals surface area contributed by atoms with Crippen molar-refractivity contribution in [3.63, 3.8) is 0 Å². The van der Waals surface area contributed by atoms with Gasteiger partial charge in [0.15, 0.2) is 10.7 Å². The van der Waals surface area contributed by atoms with Crippen molar-refractivity contribution in [2.24, 2.45) is 5.73 Å². The Balaban J connectivity index is 2.94. The maximum absolute atomic E-state index is 10.4. The van der Waals surface area contributed by atoms with E-state index in [0.717, 1.165) is 0 Å². The fraction of sp³-hybridized carbons (Fsp3) is 0.143. The molecule has 11 heavy (non-hydrogen) atoms. The van der Waals surface area contributed by atoms with Crippen molar-refractivity contribution in [2.45, 2.75) is 5.37 Å². The van der Waals surface area contributed by atoms with E-state index in [2.05, 4.69) is 0 Å². The zero-order valence-corrected chi connectivity index (χ0v) is 6.70. The van der Waals surface area contributed by atoms with Crippen LogP contribution >= 0.6 is 0 Å². The first-order valence-corrected chi connectivity index (χ1v) is 4.40. The molecule has 0 aliphatic heterocycles. The highest BCUT2D eigenvalue weighted by atomic mass is 32.2. The van der Waals surface area contributed by atoms with E-state index < -0.39 is 16.1 Å². The van der Waals surface area contributed by atoms with Crippen molar-refractivity contribution in [3.8, 4) is 0 Å². The number of nitrogens with two attached hydrogens (primary N) is 1. The van der Waals surface area contributed by atoms with Gasteiger partial charge in [-0.2, -0.15) is 0 Å². The zero-order chi connectivity index (χ0) is 8.27. The van der Waals surface area contributed by atoms with E-state index >= 15 is 0 Å². The van der Waals surface area contributed by atoms with Gasteiger partial charge in [-0.1, -0.05) is 30.3 Å². The second-order valence-electron chi connectivity index (χ2n) is 2.14. The fourth-order valence-corrected chi connectivity index (χ4v) is 1.19. The van der Waals surface area contributed by atoms with Crippen molar-refractivity contribution in [2.75, 3.05) is 0 Å². The molecule has 0 aliphatic carbocycles. The second kappa shape index (κ2) is 3.50. The minimum Gasteiger partial charge on any atom is -0.312 e. The van der Waals surface area contributed by atoms with E-state index in [1.807, 2.05) is 6.07 Å². The van der Waals surface area contributed by atoms with Crippen LogP contribution in [0.25, 0.3) is 0 Å². The molecule has 60 valence electrons. The summed E-state index contributed by atoms with van der Waals surface area (Å²) in [4.78, 5) is 0. The smallest absolute Gasteiger partial charge is 0.160 e. The molecule has 3 nitrogen and oxygen atoms in total. The maximum Gasteiger partial charge on any atom is 0.160 e. The normalized spacial score (nSPS) is 13.3. The lowest BCUT2D eigenvalue weighted by molar-refractivity contribution is 0.603. The molecule has 0 aromatic heterocycles. The molecule has 1 atom stereocenters. The highest BCUT2D eigenvalue weighted by molar-refractivity contribution is 7.72. The third-order valence-electron chi connectivity index (χ3n) is 1.37. The summed E-state index contributed by atoms with van der Waals surface area (Å²) in [7, 11) is -2.56. The van der Waals surface area contributed by atoms with Crippen LogP contribution in [0.2, 0.25) is 0 Å². The summed E-state index contributed by atoms with van der Waals surface area (Å²) in [6.07, 6.45) is 0. The molecule has 0 bridgehead atoms. The van der Waals surface area contributed by atoms with E-state index in [4.69, 9.17) is 5.73 Å². The second-order valence-corrected chi connectivity index (χ2v) is 3.27. The average molecular weight is 171 g/mol. The van der Waals surface area contributed by atoms with E-state index in [9.17, 15) is 8.42 Å². The van der Waals surface area contributed by atoms with Crippen molar-refractivity contribution in [3.05, 3.63) is 35.9 Å². The molecule has 4 heteroatoms. The Hall–Kier alpha value is -0.870. The van der Waals surface area contributed by atoms with Crippen LogP contribution in [0.5, 0.6) is 0 Å². The van der Waals surface area contributed by atoms with Crippen LogP contribution < -0.4 is 5.73 Å². The Morgan fingerprint density at radius 2 is 1.73 bits per heavy atom. The molecule has 1 aromatic rings. The van der Waals surface area contributed by atoms with Gasteiger partial charge in [0.2, 0.25) is 0 Å². The first-order chi connectivity index (χ1) is 5.22. The predicted octanol–water partition coefficient (Wildman–Crippen LogP) is 0.255. The lowest BCUT2D eigenvalue weighted by Gasteiger charge is -2.01. The summed E-state index contributed by atoms with van der Waals surface area (Å²) in [5.41, 5.74) is 5.97. The molecule has 0 saturated heterocycles. The molecule has 0 aliphatic rings. The van der Waals surface area contributed by atoms with Gasteiger partial charge in [-0.15, -0.1) is 0 Å². The predicted molar refractivity (Wildman–Crippen MR) is 43.7 cm³/mol. The Kier molecular flexibility index (Phi) is 2.62. The Morgan fingerprint density at radius 1 is 1.18 bits per heavy atom. The van der Waals surface area contributed by atoms with E-state index in [1.54, 1.807) is 24.3 Å². The number of benzene rings is 1. The fourth-order valence-electron chi connectivity index (χ4n) is 0.772. The van der Waals surface area contributed by atoms with Crippen LogP contribution in [0.1, 0.15) is 10.9 Å². The van der Waals surface area contributed by atoms with E-state index in [1.165, 1.54) is 0 Å². The molecule has 0 fully saturated rings. The summed E-state index contributed by atoms with van der Waals surface area (Å²) in [5, 5.41) is -0.869. The number of rotatable bonds is 2. The Labute approximate surface area is 66.8 Å². The molecule has 0 saturated carbocycles. The molecule has 2 N–H and O–H groups in total. The SMILES string of the molecule is NC(c1ccccc1)[SH](=O)=O.